The van der Waals surface area contributed by atoms with E-state index in [1.54, 1.807) is 0 Å². The normalized spacial score (nSPS) is 18.9. The zero-order valence-electron chi connectivity index (χ0n) is 6.89. The molecule has 0 amide bonds. The predicted molar refractivity (Wildman–Crippen MR) is 49.4 cm³/mol. The van der Waals surface area contributed by atoms with E-state index in [2.05, 4.69) is 0 Å². The van der Waals surface area contributed by atoms with Crippen molar-refractivity contribution in [3.05, 3.63) is 0 Å². The summed E-state index contributed by atoms with van der Waals surface area (Å²) in [4.78, 5) is 10.3. The fourth-order valence-corrected chi connectivity index (χ4v) is 1.35. The Hall–Kier alpha value is 0.250. The van der Waals surface area contributed by atoms with Gasteiger partial charge in [0, 0.05) is 17.2 Å². The molecule has 0 aliphatic carbocycles. The first kappa shape index (κ1) is 11.2. The molecule has 0 N–H and O–H groups in total. The summed E-state index contributed by atoms with van der Waals surface area (Å²) in [6.07, 6.45) is 1.78. The number of halogens is 2. The first-order valence-electron chi connectivity index (χ1n) is 3.77. The van der Waals surface area contributed by atoms with Gasteiger partial charge in [-0.25, -0.2) is 0 Å². The van der Waals surface area contributed by atoms with Crippen LogP contribution in [0.25, 0.3) is 0 Å². The summed E-state index contributed by atoms with van der Waals surface area (Å²) in [5, 5.41) is -0.0148. The van der Waals surface area contributed by atoms with Gasteiger partial charge >= 0.3 is 0 Å². The van der Waals surface area contributed by atoms with E-state index in [0.29, 0.717) is 11.8 Å². The molecule has 3 atom stereocenters. The van der Waals surface area contributed by atoms with Crippen molar-refractivity contribution in [2.45, 2.75) is 25.6 Å². The maximum Gasteiger partial charge on any atom is 0.122 e. The lowest BCUT2D eigenvalue weighted by atomic mass is 9.96. The maximum atomic E-state index is 10.3. The van der Waals surface area contributed by atoms with Crippen molar-refractivity contribution in [2.24, 2.45) is 11.8 Å². The summed E-state index contributed by atoms with van der Waals surface area (Å²) in [5.74, 6) is 0.859. The van der Waals surface area contributed by atoms with E-state index in [0.717, 1.165) is 12.7 Å². The van der Waals surface area contributed by atoms with Crippen LogP contribution in [0.15, 0.2) is 0 Å². The highest BCUT2D eigenvalue weighted by Crippen LogP contribution is 2.19. The number of carbonyl (C=O) groups is 1. The zero-order chi connectivity index (χ0) is 8.85. The fraction of sp³-hybridized carbons (Fsp3) is 0.875. The molecule has 0 saturated carbocycles. The van der Waals surface area contributed by atoms with Gasteiger partial charge in [-0.1, -0.05) is 13.8 Å². The van der Waals surface area contributed by atoms with Crippen molar-refractivity contribution >= 4 is 29.5 Å². The average molecular weight is 197 g/mol. The molecule has 0 spiro atoms. The van der Waals surface area contributed by atoms with Crippen LogP contribution in [0, 0.1) is 11.8 Å². The standard InChI is InChI=1S/C8H14Cl2O/c1-6(5-11)3-7(2)8(10)4-9/h5-8H,3-4H2,1-2H3/t6-,7-,8-/m0/s1. The van der Waals surface area contributed by atoms with E-state index in [4.69, 9.17) is 23.2 Å². The molecule has 0 rings (SSSR count). The monoisotopic (exact) mass is 196 g/mol. The number of alkyl halides is 2. The Labute approximate surface area is 78.1 Å². The number of hydrogen-bond acceptors (Lipinski definition) is 1. The second-order valence-electron chi connectivity index (χ2n) is 3.00. The van der Waals surface area contributed by atoms with Crippen molar-refractivity contribution in [3.8, 4) is 0 Å². The zero-order valence-corrected chi connectivity index (χ0v) is 8.40. The molecule has 3 heteroatoms. The predicted octanol–water partition coefficient (Wildman–Crippen LogP) is 2.69. The number of hydrogen-bond donors (Lipinski definition) is 0. The van der Waals surface area contributed by atoms with Crippen LogP contribution >= 0.6 is 23.2 Å². The van der Waals surface area contributed by atoms with E-state index >= 15 is 0 Å². The lowest BCUT2D eigenvalue weighted by Crippen LogP contribution is -2.16. The van der Waals surface area contributed by atoms with Crippen LogP contribution in [0.2, 0.25) is 0 Å². The molecule has 0 radical (unpaired) electrons. The molecule has 0 aromatic carbocycles. The Balaban J connectivity index is 3.66. The highest BCUT2D eigenvalue weighted by atomic mass is 35.5. The second kappa shape index (κ2) is 5.84. The molecule has 0 aliphatic rings. The lowest BCUT2D eigenvalue weighted by molar-refractivity contribution is -0.111. The minimum absolute atomic E-state index is 0.0148. The molecule has 0 aromatic rings. The molecular weight excluding hydrogens is 183 g/mol. The highest BCUT2D eigenvalue weighted by molar-refractivity contribution is 6.28. The first-order chi connectivity index (χ1) is 5.11. The maximum absolute atomic E-state index is 10.3. The Morgan fingerprint density at radius 3 is 2.36 bits per heavy atom. The third kappa shape index (κ3) is 4.65. The minimum atomic E-state index is -0.0148. The molecule has 11 heavy (non-hydrogen) atoms. The number of carbonyl (C=O) groups excluding carboxylic acids is 1. The van der Waals surface area contributed by atoms with Gasteiger partial charge in [-0.3, -0.25) is 0 Å². The summed E-state index contributed by atoms with van der Waals surface area (Å²) in [7, 11) is 0. The summed E-state index contributed by atoms with van der Waals surface area (Å²) in [6.45, 7) is 3.90. The molecule has 0 bridgehead atoms. The van der Waals surface area contributed by atoms with E-state index in [9.17, 15) is 4.79 Å². The smallest absolute Gasteiger partial charge is 0.122 e. The summed E-state index contributed by atoms with van der Waals surface area (Å²) < 4.78 is 0. The summed E-state index contributed by atoms with van der Waals surface area (Å²) in [5.41, 5.74) is 0. The second-order valence-corrected chi connectivity index (χ2v) is 3.87. The third-order valence-electron chi connectivity index (χ3n) is 1.74. The highest BCUT2D eigenvalue weighted by Gasteiger charge is 2.15. The van der Waals surface area contributed by atoms with Gasteiger partial charge in [-0.2, -0.15) is 0 Å². The van der Waals surface area contributed by atoms with Gasteiger partial charge in [0.25, 0.3) is 0 Å². The first-order valence-corrected chi connectivity index (χ1v) is 4.74. The fourth-order valence-electron chi connectivity index (χ4n) is 0.942. The van der Waals surface area contributed by atoms with Crippen LogP contribution < -0.4 is 0 Å². The lowest BCUT2D eigenvalue weighted by Gasteiger charge is -2.16. The van der Waals surface area contributed by atoms with Crippen LogP contribution in [-0.4, -0.2) is 17.5 Å². The van der Waals surface area contributed by atoms with Crippen molar-refractivity contribution in [3.63, 3.8) is 0 Å². The molecule has 0 aromatic heterocycles. The van der Waals surface area contributed by atoms with Gasteiger partial charge in [0.1, 0.15) is 6.29 Å². The van der Waals surface area contributed by atoms with Crippen molar-refractivity contribution in [1.29, 1.82) is 0 Å². The summed E-state index contributed by atoms with van der Waals surface area (Å²) in [6, 6.07) is 0. The van der Waals surface area contributed by atoms with Crippen LogP contribution in [0.1, 0.15) is 20.3 Å². The van der Waals surface area contributed by atoms with Gasteiger partial charge in [-0.05, 0) is 12.3 Å². The third-order valence-corrected chi connectivity index (χ3v) is 2.82. The van der Waals surface area contributed by atoms with Gasteiger partial charge in [-0.15, -0.1) is 23.2 Å². The van der Waals surface area contributed by atoms with E-state index in [1.807, 2.05) is 13.8 Å². The number of aldehydes is 1. The molecule has 0 fully saturated rings. The van der Waals surface area contributed by atoms with Gasteiger partial charge in [0.2, 0.25) is 0 Å². The molecule has 66 valence electrons. The van der Waals surface area contributed by atoms with Crippen LogP contribution in [0.4, 0.5) is 0 Å². The Bertz CT molecular complexity index is 117. The van der Waals surface area contributed by atoms with E-state index < -0.39 is 0 Å². The molecular formula is C8H14Cl2O. The van der Waals surface area contributed by atoms with Gasteiger partial charge in [0.05, 0.1) is 0 Å². The van der Waals surface area contributed by atoms with E-state index in [1.165, 1.54) is 0 Å². The van der Waals surface area contributed by atoms with Crippen LogP contribution in [-0.2, 0) is 4.79 Å². The Morgan fingerprint density at radius 2 is 2.00 bits per heavy atom. The van der Waals surface area contributed by atoms with Crippen LogP contribution in [0.5, 0.6) is 0 Å². The Kier molecular flexibility index (Phi) is 5.98. The molecule has 1 nitrogen and oxygen atoms in total. The van der Waals surface area contributed by atoms with Gasteiger partial charge in [0.15, 0.2) is 0 Å². The summed E-state index contributed by atoms with van der Waals surface area (Å²) >= 11 is 11.4. The number of rotatable bonds is 5. The van der Waals surface area contributed by atoms with Crippen LogP contribution in [0.3, 0.4) is 0 Å². The SMILES string of the molecule is C[C@H](C=O)C[C@H](C)[C@@H](Cl)CCl. The Morgan fingerprint density at radius 1 is 1.45 bits per heavy atom. The molecule has 0 unspecified atom stereocenters. The quantitative estimate of drug-likeness (QED) is 0.489. The van der Waals surface area contributed by atoms with Gasteiger partial charge < -0.3 is 4.79 Å². The van der Waals surface area contributed by atoms with Crippen molar-refractivity contribution in [1.82, 2.24) is 0 Å². The topological polar surface area (TPSA) is 17.1 Å². The largest absolute Gasteiger partial charge is 0.303 e. The van der Waals surface area contributed by atoms with E-state index in [-0.39, 0.29) is 11.3 Å². The minimum Gasteiger partial charge on any atom is -0.303 e. The average Bonchev–Trinajstić information content (AvgIpc) is 2.02. The molecule has 0 heterocycles. The molecule has 0 saturated heterocycles. The van der Waals surface area contributed by atoms with Crippen molar-refractivity contribution < 1.29 is 4.79 Å². The molecule has 0 aliphatic heterocycles. The van der Waals surface area contributed by atoms with Crippen molar-refractivity contribution in [2.75, 3.05) is 5.88 Å².